The lowest BCUT2D eigenvalue weighted by Crippen LogP contribution is -2.39. The Hall–Kier alpha value is -2.13. The number of rotatable bonds is 5. The third kappa shape index (κ3) is 3.45. The first-order chi connectivity index (χ1) is 9.58. The van der Waals surface area contributed by atoms with Crippen molar-refractivity contribution in [2.24, 2.45) is 5.41 Å². The van der Waals surface area contributed by atoms with E-state index in [9.17, 15) is 9.18 Å². The molecule has 2 amide bonds. The number of aliphatic hydroxyl groups excluding tert-OH is 1. The van der Waals surface area contributed by atoms with Gasteiger partial charge in [-0.1, -0.05) is 6.07 Å². The lowest BCUT2D eigenvalue weighted by molar-refractivity contribution is 0.203. The Morgan fingerprint density at radius 1 is 1.45 bits per heavy atom. The Labute approximate surface area is 116 Å². The molecule has 1 aliphatic carbocycles. The molecule has 0 aromatic heterocycles. The van der Waals surface area contributed by atoms with Crippen molar-refractivity contribution >= 4 is 6.03 Å². The van der Waals surface area contributed by atoms with Crippen LogP contribution in [0.4, 0.5) is 9.18 Å². The molecule has 1 aromatic rings. The van der Waals surface area contributed by atoms with Gasteiger partial charge in [-0.05, 0) is 25.0 Å². The molecular formula is C14H16FN3O2. The lowest BCUT2D eigenvalue weighted by Gasteiger charge is -2.13. The highest BCUT2D eigenvalue weighted by atomic mass is 19.1. The summed E-state index contributed by atoms with van der Waals surface area (Å²) >= 11 is 0. The number of halogens is 1. The highest BCUT2D eigenvalue weighted by Gasteiger charge is 2.42. The Kier molecular flexibility index (Phi) is 4.20. The number of aliphatic hydroxyl groups is 1. The van der Waals surface area contributed by atoms with E-state index in [1.807, 2.05) is 6.07 Å². The smallest absolute Gasteiger partial charge is 0.315 e. The van der Waals surface area contributed by atoms with Crippen molar-refractivity contribution in [2.75, 3.05) is 13.2 Å². The number of benzene rings is 1. The second-order valence-electron chi connectivity index (χ2n) is 5.11. The van der Waals surface area contributed by atoms with Crippen molar-refractivity contribution in [1.82, 2.24) is 10.6 Å². The normalized spacial score (nSPS) is 15.2. The Balaban J connectivity index is 1.80. The second-order valence-corrected chi connectivity index (χ2v) is 5.11. The minimum atomic E-state index is -0.515. The first-order valence-electron chi connectivity index (χ1n) is 6.40. The predicted molar refractivity (Wildman–Crippen MR) is 70.1 cm³/mol. The summed E-state index contributed by atoms with van der Waals surface area (Å²) in [4.78, 5) is 11.6. The molecule has 3 N–H and O–H groups in total. The van der Waals surface area contributed by atoms with Crippen molar-refractivity contribution in [1.29, 1.82) is 5.26 Å². The minimum Gasteiger partial charge on any atom is -0.396 e. The van der Waals surface area contributed by atoms with Gasteiger partial charge in [0, 0.05) is 24.1 Å². The summed E-state index contributed by atoms with van der Waals surface area (Å²) in [6, 6.07) is 5.57. The zero-order chi connectivity index (χ0) is 14.6. The molecule has 5 nitrogen and oxygen atoms in total. The lowest BCUT2D eigenvalue weighted by atomic mass is 10.1. The van der Waals surface area contributed by atoms with Gasteiger partial charge in [-0.25, -0.2) is 9.18 Å². The summed E-state index contributed by atoms with van der Waals surface area (Å²) in [5.74, 6) is -0.515. The van der Waals surface area contributed by atoms with E-state index in [-0.39, 0.29) is 24.1 Å². The minimum absolute atomic E-state index is 0.0511. The van der Waals surface area contributed by atoms with Crippen LogP contribution in [0.3, 0.4) is 0 Å². The SMILES string of the molecule is N#Cc1ccc(CNC(=O)NCC2(CO)CC2)c(F)c1. The summed E-state index contributed by atoms with van der Waals surface area (Å²) < 4.78 is 13.6. The number of hydrogen-bond donors (Lipinski definition) is 3. The molecule has 0 aliphatic heterocycles. The highest BCUT2D eigenvalue weighted by Crippen LogP contribution is 2.44. The van der Waals surface area contributed by atoms with E-state index in [1.165, 1.54) is 12.1 Å². The van der Waals surface area contributed by atoms with Crippen LogP contribution in [0.2, 0.25) is 0 Å². The molecule has 0 saturated heterocycles. The van der Waals surface area contributed by atoms with Crippen LogP contribution in [0.15, 0.2) is 18.2 Å². The van der Waals surface area contributed by atoms with Crippen LogP contribution in [0.5, 0.6) is 0 Å². The van der Waals surface area contributed by atoms with Gasteiger partial charge < -0.3 is 15.7 Å². The largest absolute Gasteiger partial charge is 0.396 e. The van der Waals surface area contributed by atoms with Crippen molar-refractivity contribution in [3.8, 4) is 6.07 Å². The predicted octanol–water partition coefficient (Wildman–Crippen LogP) is 1.27. The summed E-state index contributed by atoms with van der Waals surface area (Å²) in [5, 5.41) is 23.0. The number of hydrogen-bond acceptors (Lipinski definition) is 3. The second kappa shape index (κ2) is 5.88. The van der Waals surface area contributed by atoms with E-state index in [0.717, 1.165) is 18.9 Å². The van der Waals surface area contributed by atoms with Crippen LogP contribution in [0, 0.1) is 22.6 Å². The fraction of sp³-hybridized carbons (Fsp3) is 0.429. The van der Waals surface area contributed by atoms with Gasteiger partial charge in [-0.2, -0.15) is 5.26 Å². The Bertz CT molecular complexity index is 550. The van der Waals surface area contributed by atoms with Crippen molar-refractivity contribution < 1.29 is 14.3 Å². The van der Waals surface area contributed by atoms with Crippen LogP contribution < -0.4 is 10.6 Å². The van der Waals surface area contributed by atoms with E-state index < -0.39 is 11.8 Å². The van der Waals surface area contributed by atoms with Gasteiger partial charge >= 0.3 is 6.03 Å². The number of nitrogens with one attached hydrogen (secondary N) is 2. The summed E-state index contributed by atoms with van der Waals surface area (Å²) in [6.45, 7) is 0.540. The van der Waals surface area contributed by atoms with Gasteiger partial charge in [0.2, 0.25) is 0 Å². The Morgan fingerprint density at radius 3 is 2.75 bits per heavy atom. The number of nitriles is 1. The maximum atomic E-state index is 13.6. The highest BCUT2D eigenvalue weighted by molar-refractivity contribution is 5.73. The summed E-state index contributed by atoms with van der Waals surface area (Å²) in [6.07, 6.45) is 1.82. The molecule has 0 atom stereocenters. The number of urea groups is 1. The topological polar surface area (TPSA) is 85.2 Å². The Morgan fingerprint density at radius 2 is 2.20 bits per heavy atom. The van der Waals surface area contributed by atoms with Gasteiger partial charge in [0.25, 0.3) is 0 Å². The van der Waals surface area contributed by atoms with Gasteiger partial charge in [0.1, 0.15) is 5.82 Å². The zero-order valence-electron chi connectivity index (χ0n) is 10.9. The van der Waals surface area contributed by atoms with Crippen LogP contribution in [0.1, 0.15) is 24.0 Å². The molecule has 0 radical (unpaired) electrons. The number of carbonyl (C=O) groups is 1. The average Bonchev–Trinajstić information content (AvgIpc) is 3.24. The van der Waals surface area contributed by atoms with Crippen LogP contribution >= 0.6 is 0 Å². The van der Waals surface area contributed by atoms with E-state index in [0.29, 0.717) is 12.1 Å². The van der Waals surface area contributed by atoms with Crippen LogP contribution in [0.25, 0.3) is 0 Å². The zero-order valence-corrected chi connectivity index (χ0v) is 10.9. The van der Waals surface area contributed by atoms with Crippen LogP contribution in [-0.4, -0.2) is 24.3 Å². The van der Waals surface area contributed by atoms with Crippen molar-refractivity contribution in [3.05, 3.63) is 35.1 Å². The first kappa shape index (κ1) is 14.3. The molecule has 6 heteroatoms. The summed E-state index contributed by atoms with van der Waals surface area (Å²) in [5.41, 5.74) is 0.411. The van der Waals surface area contributed by atoms with E-state index in [4.69, 9.17) is 10.4 Å². The van der Waals surface area contributed by atoms with Crippen molar-refractivity contribution in [2.45, 2.75) is 19.4 Å². The monoisotopic (exact) mass is 277 g/mol. The molecule has 1 aromatic carbocycles. The van der Waals surface area contributed by atoms with E-state index in [2.05, 4.69) is 10.6 Å². The third-order valence-electron chi connectivity index (χ3n) is 3.54. The molecule has 20 heavy (non-hydrogen) atoms. The standard InChI is InChI=1S/C14H16FN3O2/c15-12-5-10(6-16)1-2-11(12)7-17-13(20)18-8-14(9-19)3-4-14/h1-2,5,19H,3-4,7-9H2,(H2,17,18,20). The number of amides is 2. The van der Waals surface area contributed by atoms with Gasteiger partial charge in [-0.3, -0.25) is 0 Å². The number of nitrogens with zero attached hydrogens (tertiary/aromatic N) is 1. The van der Waals surface area contributed by atoms with E-state index in [1.54, 1.807) is 0 Å². The first-order valence-corrected chi connectivity index (χ1v) is 6.40. The molecule has 0 heterocycles. The molecule has 0 bridgehead atoms. The molecule has 1 saturated carbocycles. The number of carbonyl (C=O) groups excluding carboxylic acids is 1. The summed E-state index contributed by atoms with van der Waals surface area (Å²) in [7, 11) is 0. The van der Waals surface area contributed by atoms with Crippen LogP contribution in [-0.2, 0) is 6.54 Å². The van der Waals surface area contributed by atoms with E-state index >= 15 is 0 Å². The molecule has 1 aliphatic rings. The maximum Gasteiger partial charge on any atom is 0.315 e. The molecule has 1 fully saturated rings. The van der Waals surface area contributed by atoms with Gasteiger partial charge in [0.15, 0.2) is 0 Å². The maximum absolute atomic E-state index is 13.6. The molecule has 0 spiro atoms. The molecule has 0 unspecified atom stereocenters. The molecule has 2 rings (SSSR count). The van der Waals surface area contributed by atoms with Crippen molar-refractivity contribution in [3.63, 3.8) is 0 Å². The fourth-order valence-electron chi connectivity index (χ4n) is 1.83. The molecular weight excluding hydrogens is 261 g/mol. The van der Waals surface area contributed by atoms with Gasteiger partial charge in [-0.15, -0.1) is 0 Å². The molecule has 106 valence electrons. The average molecular weight is 277 g/mol. The van der Waals surface area contributed by atoms with Gasteiger partial charge in [0.05, 0.1) is 18.2 Å². The fourth-order valence-corrected chi connectivity index (χ4v) is 1.83. The quantitative estimate of drug-likeness (QED) is 0.757. The third-order valence-corrected chi connectivity index (χ3v) is 3.54.